The number of aliphatic hydroxyl groups excluding tert-OH is 1. The van der Waals surface area contributed by atoms with Gasteiger partial charge < -0.3 is 10.2 Å². The summed E-state index contributed by atoms with van der Waals surface area (Å²) in [7, 11) is 0. The Morgan fingerprint density at radius 1 is 0.893 bits per heavy atom. The fraction of sp³-hybridized carbons (Fsp3) is 0.760. The van der Waals surface area contributed by atoms with Crippen LogP contribution in [0, 0.1) is 34.4 Å². The van der Waals surface area contributed by atoms with Crippen LogP contribution in [0.4, 0.5) is 4.39 Å². The molecule has 0 saturated heterocycles. The van der Waals surface area contributed by atoms with Gasteiger partial charge in [-0.05, 0) is 105 Å². The lowest BCUT2D eigenvalue weighted by Gasteiger charge is -2.63. The van der Waals surface area contributed by atoms with Gasteiger partial charge >= 0.3 is 0 Å². The first-order valence-electron chi connectivity index (χ1n) is 11.4. The molecule has 0 spiro atoms. The van der Waals surface area contributed by atoms with E-state index in [-0.39, 0.29) is 22.8 Å². The first kappa shape index (κ1) is 19.1. The molecule has 1 aromatic carbocycles. The van der Waals surface area contributed by atoms with Crippen molar-refractivity contribution in [3.63, 3.8) is 0 Å². The molecule has 8 atom stereocenters. The molecule has 3 unspecified atom stereocenters. The van der Waals surface area contributed by atoms with E-state index in [1.54, 1.807) is 12.1 Å². The Bertz CT molecular complexity index is 747. The maximum absolute atomic E-state index is 13.5. The zero-order chi connectivity index (χ0) is 19.7. The SMILES string of the molecule is C[C@]12CCC(O)CC1CC[C@@H]1[C@H]2CC[C@]2(C)C(c3ccc(F)cc3)CC[C@@]12O. The molecule has 1 aromatic rings. The minimum absolute atomic E-state index is 0.122. The summed E-state index contributed by atoms with van der Waals surface area (Å²) < 4.78 is 13.5. The average molecular weight is 387 g/mol. The molecule has 2 N–H and O–H groups in total. The molecule has 154 valence electrons. The number of hydrogen-bond acceptors (Lipinski definition) is 2. The molecule has 2 nitrogen and oxygen atoms in total. The molecule has 0 aromatic heterocycles. The zero-order valence-corrected chi connectivity index (χ0v) is 17.3. The Hall–Kier alpha value is -0.930. The lowest BCUT2D eigenvalue weighted by Crippen LogP contribution is -2.62. The standard InChI is InChI=1S/C25H35FO2/c1-23-12-9-19(27)15-17(23)5-8-22-21(23)10-13-24(2)20(11-14-25(22,24)28)16-3-6-18(26)7-4-16/h3-4,6-7,17,19-22,27-28H,5,8-15H2,1-2H3/t17?,19?,20?,21-,22-,23+,24-,25-/m1/s1. The third kappa shape index (κ3) is 2.45. The maximum Gasteiger partial charge on any atom is 0.123 e. The highest BCUT2D eigenvalue weighted by Crippen LogP contribution is 2.70. The Morgan fingerprint density at radius 2 is 1.64 bits per heavy atom. The normalized spacial score (nSPS) is 50.5. The van der Waals surface area contributed by atoms with Crippen LogP contribution in [0.2, 0.25) is 0 Å². The summed E-state index contributed by atoms with van der Waals surface area (Å²) in [6.07, 6.45) is 9.21. The summed E-state index contributed by atoms with van der Waals surface area (Å²) in [5.74, 6) is 1.69. The van der Waals surface area contributed by atoms with E-state index in [9.17, 15) is 14.6 Å². The molecule has 28 heavy (non-hydrogen) atoms. The number of halogens is 1. The van der Waals surface area contributed by atoms with Gasteiger partial charge in [-0.3, -0.25) is 0 Å². The minimum atomic E-state index is -0.612. The van der Waals surface area contributed by atoms with Crippen LogP contribution < -0.4 is 0 Å². The predicted octanol–water partition coefficient (Wildman–Crippen LogP) is 5.43. The van der Waals surface area contributed by atoms with Crippen molar-refractivity contribution in [1.29, 1.82) is 0 Å². The fourth-order valence-corrected chi connectivity index (χ4v) is 8.43. The smallest absolute Gasteiger partial charge is 0.123 e. The predicted molar refractivity (Wildman–Crippen MR) is 108 cm³/mol. The highest BCUT2D eigenvalue weighted by Gasteiger charge is 2.67. The Morgan fingerprint density at radius 3 is 2.39 bits per heavy atom. The molecule has 5 rings (SSSR count). The van der Waals surface area contributed by atoms with Crippen LogP contribution in [0.25, 0.3) is 0 Å². The third-order valence-corrected chi connectivity index (χ3v) is 10.1. The van der Waals surface area contributed by atoms with E-state index in [4.69, 9.17) is 0 Å². The number of hydrogen-bond donors (Lipinski definition) is 2. The molecule has 4 aliphatic carbocycles. The fourth-order valence-electron chi connectivity index (χ4n) is 8.43. The largest absolute Gasteiger partial charge is 0.393 e. The van der Waals surface area contributed by atoms with Crippen LogP contribution in [0.15, 0.2) is 24.3 Å². The van der Waals surface area contributed by atoms with E-state index in [0.717, 1.165) is 51.4 Å². The maximum atomic E-state index is 13.5. The summed E-state index contributed by atoms with van der Waals surface area (Å²) in [5, 5.41) is 22.4. The topological polar surface area (TPSA) is 40.5 Å². The van der Waals surface area contributed by atoms with Gasteiger partial charge in [-0.2, -0.15) is 0 Å². The first-order chi connectivity index (χ1) is 13.3. The van der Waals surface area contributed by atoms with Crippen molar-refractivity contribution in [3.8, 4) is 0 Å². The quantitative estimate of drug-likeness (QED) is 0.676. The number of fused-ring (bicyclic) bond motifs is 5. The molecule has 0 bridgehead atoms. The van der Waals surface area contributed by atoms with E-state index in [0.29, 0.717) is 23.7 Å². The summed E-state index contributed by atoms with van der Waals surface area (Å²) >= 11 is 0. The summed E-state index contributed by atoms with van der Waals surface area (Å²) in [6, 6.07) is 7.01. The first-order valence-corrected chi connectivity index (χ1v) is 11.4. The van der Waals surface area contributed by atoms with Crippen LogP contribution in [-0.2, 0) is 0 Å². The van der Waals surface area contributed by atoms with Crippen LogP contribution in [-0.4, -0.2) is 21.9 Å². The Kier molecular flexibility index (Phi) is 4.28. The number of benzene rings is 1. The molecule has 4 aliphatic rings. The van der Waals surface area contributed by atoms with E-state index < -0.39 is 5.60 Å². The molecule has 0 aliphatic heterocycles. The average Bonchev–Trinajstić information content (AvgIpc) is 2.95. The van der Waals surface area contributed by atoms with E-state index in [1.165, 1.54) is 12.0 Å². The van der Waals surface area contributed by atoms with Crippen molar-refractivity contribution in [3.05, 3.63) is 35.6 Å². The van der Waals surface area contributed by atoms with Gasteiger partial charge in [0.1, 0.15) is 5.82 Å². The second-order valence-electron chi connectivity index (χ2n) is 10.9. The molecule has 4 fully saturated rings. The zero-order valence-electron chi connectivity index (χ0n) is 17.3. The Labute approximate surface area is 168 Å². The molecule has 4 saturated carbocycles. The second kappa shape index (κ2) is 6.28. The van der Waals surface area contributed by atoms with E-state index in [1.807, 2.05) is 12.1 Å². The van der Waals surface area contributed by atoms with Crippen LogP contribution in [0.1, 0.15) is 83.1 Å². The highest BCUT2D eigenvalue weighted by atomic mass is 19.1. The van der Waals surface area contributed by atoms with Gasteiger partial charge in [0.15, 0.2) is 0 Å². The number of rotatable bonds is 1. The molecule has 0 radical (unpaired) electrons. The van der Waals surface area contributed by atoms with Crippen molar-refractivity contribution >= 4 is 0 Å². The molecule has 0 heterocycles. The molecular weight excluding hydrogens is 351 g/mol. The summed E-state index contributed by atoms with van der Waals surface area (Å²) in [6.45, 7) is 4.77. The van der Waals surface area contributed by atoms with Gasteiger partial charge in [-0.1, -0.05) is 26.0 Å². The second-order valence-corrected chi connectivity index (χ2v) is 10.9. The van der Waals surface area contributed by atoms with Gasteiger partial charge in [-0.15, -0.1) is 0 Å². The Balaban J connectivity index is 1.47. The molecule has 0 amide bonds. The monoisotopic (exact) mass is 386 g/mol. The van der Waals surface area contributed by atoms with Crippen molar-refractivity contribution in [2.24, 2.45) is 28.6 Å². The number of aliphatic hydroxyl groups is 2. The van der Waals surface area contributed by atoms with E-state index in [2.05, 4.69) is 13.8 Å². The van der Waals surface area contributed by atoms with Crippen molar-refractivity contribution in [1.82, 2.24) is 0 Å². The third-order valence-electron chi connectivity index (χ3n) is 10.1. The summed E-state index contributed by atoms with van der Waals surface area (Å²) in [5.41, 5.74) is 0.731. The highest BCUT2D eigenvalue weighted by molar-refractivity contribution is 5.29. The van der Waals surface area contributed by atoms with Gasteiger partial charge in [0, 0.05) is 5.41 Å². The van der Waals surface area contributed by atoms with Gasteiger partial charge in [-0.25, -0.2) is 4.39 Å². The van der Waals surface area contributed by atoms with Gasteiger partial charge in [0.05, 0.1) is 11.7 Å². The molecular formula is C25H35FO2. The lowest BCUT2D eigenvalue weighted by atomic mass is 9.43. The minimum Gasteiger partial charge on any atom is -0.393 e. The van der Waals surface area contributed by atoms with Crippen molar-refractivity contribution in [2.75, 3.05) is 0 Å². The van der Waals surface area contributed by atoms with Crippen molar-refractivity contribution in [2.45, 2.75) is 89.3 Å². The van der Waals surface area contributed by atoms with E-state index >= 15 is 0 Å². The van der Waals surface area contributed by atoms with Crippen molar-refractivity contribution < 1.29 is 14.6 Å². The van der Waals surface area contributed by atoms with Gasteiger partial charge in [0.25, 0.3) is 0 Å². The lowest BCUT2D eigenvalue weighted by molar-refractivity contribution is -0.205. The van der Waals surface area contributed by atoms with Crippen LogP contribution >= 0.6 is 0 Å². The van der Waals surface area contributed by atoms with Gasteiger partial charge in [0.2, 0.25) is 0 Å². The summed E-state index contributed by atoms with van der Waals surface area (Å²) in [4.78, 5) is 0. The van der Waals surface area contributed by atoms with Crippen LogP contribution in [0.5, 0.6) is 0 Å². The molecule has 3 heteroatoms. The van der Waals surface area contributed by atoms with Crippen LogP contribution in [0.3, 0.4) is 0 Å².